The molecule has 2 aromatic carbocycles. The summed E-state index contributed by atoms with van der Waals surface area (Å²) in [6, 6.07) is 12.0. The lowest BCUT2D eigenvalue weighted by Gasteiger charge is -2.30. The van der Waals surface area contributed by atoms with Gasteiger partial charge >= 0.3 is 0 Å². The van der Waals surface area contributed by atoms with Crippen LogP contribution in [0.3, 0.4) is 0 Å². The molecule has 0 atom stereocenters. The van der Waals surface area contributed by atoms with Crippen molar-refractivity contribution in [3.05, 3.63) is 58.7 Å². The van der Waals surface area contributed by atoms with E-state index < -0.39 is 9.84 Å². The minimum atomic E-state index is -3.45. The average Bonchev–Trinajstić information content (AvgIpc) is 2.65. The maximum absolute atomic E-state index is 13.2. The van der Waals surface area contributed by atoms with E-state index in [9.17, 15) is 13.2 Å². The Morgan fingerprint density at radius 3 is 2.57 bits per heavy atom. The Labute approximate surface area is 165 Å². The number of ether oxygens (including phenoxy) is 1. The molecule has 1 aliphatic heterocycles. The van der Waals surface area contributed by atoms with Crippen LogP contribution in [0.2, 0.25) is 0 Å². The Balaban J connectivity index is 1.98. The van der Waals surface area contributed by atoms with Gasteiger partial charge in [0.1, 0.15) is 5.75 Å². The molecule has 146 valence electrons. The molecule has 1 aliphatic rings. The van der Waals surface area contributed by atoms with Crippen molar-refractivity contribution >= 4 is 15.7 Å². The lowest BCUT2D eigenvalue weighted by molar-refractivity contribution is 0.0728. The normalized spacial score (nSPS) is 13.8. The first-order chi connectivity index (χ1) is 13.2. The van der Waals surface area contributed by atoms with Gasteiger partial charge in [-0.15, -0.1) is 0 Å². The lowest BCUT2D eigenvalue weighted by Crippen LogP contribution is -2.36. The van der Waals surface area contributed by atoms with E-state index in [0.29, 0.717) is 30.8 Å². The highest BCUT2D eigenvalue weighted by atomic mass is 32.2. The molecule has 0 bridgehead atoms. The van der Waals surface area contributed by atoms with E-state index in [-0.39, 0.29) is 22.5 Å². The number of carbonyl (C=O) groups excluding carboxylic acids is 1. The van der Waals surface area contributed by atoms with Crippen LogP contribution in [-0.4, -0.2) is 38.1 Å². The molecule has 0 fully saturated rings. The fourth-order valence-electron chi connectivity index (χ4n) is 3.23. The van der Waals surface area contributed by atoms with Crippen molar-refractivity contribution in [2.45, 2.75) is 37.8 Å². The number of carbonyl (C=O) groups is 1. The second-order valence-electron chi connectivity index (χ2n) is 7.17. The first-order valence-corrected chi connectivity index (χ1v) is 10.9. The molecule has 28 heavy (non-hydrogen) atoms. The van der Waals surface area contributed by atoms with E-state index >= 15 is 0 Å². The highest BCUT2D eigenvalue weighted by Gasteiger charge is 2.26. The maximum Gasteiger partial charge on any atom is 0.257 e. The molecular weight excluding hydrogens is 376 g/mol. The Morgan fingerprint density at radius 1 is 1.18 bits per heavy atom. The molecule has 0 saturated heterocycles. The van der Waals surface area contributed by atoms with E-state index in [1.165, 1.54) is 18.2 Å². The number of benzene rings is 2. The zero-order valence-electron chi connectivity index (χ0n) is 16.1. The van der Waals surface area contributed by atoms with Crippen LogP contribution in [-0.2, 0) is 22.8 Å². The second-order valence-corrected chi connectivity index (χ2v) is 9.18. The molecule has 1 heterocycles. The summed E-state index contributed by atoms with van der Waals surface area (Å²) in [5, 5.41) is 9.12. The van der Waals surface area contributed by atoms with Gasteiger partial charge in [0.05, 0.1) is 28.2 Å². The molecule has 0 unspecified atom stereocenters. The highest BCUT2D eigenvalue weighted by molar-refractivity contribution is 7.90. The van der Waals surface area contributed by atoms with Gasteiger partial charge in [-0.25, -0.2) is 8.42 Å². The summed E-state index contributed by atoms with van der Waals surface area (Å²) in [4.78, 5) is 15.0. The fraction of sp³-hybridized carbons (Fsp3) is 0.333. The maximum atomic E-state index is 13.2. The predicted octanol–water partition coefficient (Wildman–Crippen LogP) is 2.95. The van der Waals surface area contributed by atoms with E-state index in [1.807, 2.05) is 19.9 Å². The molecule has 1 amide bonds. The van der Waals surface area contributed by atoms with Crippen molar-refractivity contribution in [1.82, 2.24) is 4.90 Å². The van der Waals surface area contributed by atoms with Crippen LogP contribution in [0.4, 0.5) is 0 Å². The number of sulfone groups is 1. The predicted molar refractivity (Wildman–Crippen MR) is 105 cm³/mol. The van der Waals surface area contributed by atoms with Gasteiger partial charge in [0.15, 0.2) is 9.84 Å². The van der Waals surface area contributed by atoms with Crippen LogP contribution >= 0.6 is 0 Å². The van der Waals surface area contributed by atoms with Gasteiger partial charge in [-0.1, -0.05) is 6.07 Å². The zero-order chi connectivity index (χ0) is 20.5. The summed E-state index contributed by atoms with van der Waals surface area (Å²) >= 11 is 0. The van der Waals surface area contributed by atoms with Gasteiger partial charge in [0.25, 0.3) is 5.91 Å². The van der Waals surface area contributed by atoms with Crippen molar-refractivity contribution in [3.63, 3.8) is 0 Å². The first kappa shape index (κ1) is 19.9. The summed E-state index contributed by atoms with van der Waals surface area (Å²) in [6.45, 7) is 4.58. The molecule has 2 aromatic rings. The van der Waals surface area contributed by atoms with Gasteiger partial charge < -0.3 is 9.64 Å². The Kier molecular flexibility index (Phi) is 5.43. The number of hydrogen-bond donors (Lipinski definition) is 0. The fourth-order valence-corrected chi connectivity index (χ4v) is 3.88. The van der Waals surface area contributed by atoms with E-state index in [2.05, 4.69) is 6.07 Å². The van der Waals surface area contributed by atoms with Gasteiger partial charge in [0.2, 0.25) is 0 Å². The van der Waals surface area contributed by atoms with E-state index in [0.717, 1.165) is 17.4 Å². The number of rotatable bonds is 4. The highest BCUT2D eigenvalue weighted by Crippen LogP contribution is 2.28. The summed E-state index contributed by atoms with van der Waals surface area (Å²) in [7, 11) is -3.45. The van der Waals surface area contributed by atoms with E-state index in [4.69, 9.17) is 10.00 Å². The molecule has 6 nitrogen and oxygen atoms in total. The second kappa shape index (κ2) is 7.64. The van der Waals surface area contributed by atoms with Crippen molar-refractivity contribution in [3.8, 4) is 11.8 Å². The molecule has 0 radical (unpaired) electrons. The number of nitrogens with zero attached hydrogens (tertiary/aromatic N) is 2. The largest absolute Gasteiger partial charge is 0.490 e. The average molecular weight is 398 g/mol. The Morgan fingerprint density at radius 2 is 1.93 bits per heavy atom. The minimum Gasteiger partial charge on any atom is -0.490 e. The SMILES string of the molecule is CC(C)Oc1ccc(S(C)(=O)=O)cc1C(=O)N1CCc2ccc(C#N)cc2C1. The summed E-state index contributed by atoms with van der Waals surface area (Å²) in [6.07, 6.45) is 1.63. The van der Waals surface area contributed by atoms with Crippen LogP contribution in [0.25, 0.3) is 0 Å². The number of nitriles is 1. The quantitative estimate of drug-likeness (QED) is 0.790. The van der Waals surface area contributed by atoms with Gasteiger partial charge in [-0.3, -0.25) is 4.79 Å². The van der Waals surface area contributed by atoms with Crippen molar-refractivity contribution in [2.75, 3.05) is 12.8 Å². The Bertz CT molecular complexity index is 1070. The number of fused-ring (bicyclic) bond motifs is 1. The van der Waals surface area contributed by atoms with Gasteiger partial charge in [-0.2, -0.15) is 5.26 Å². The third kappa shape index (κ3) is 4.18. The van der Waals surface area contributed by atoms with Crippen LogP contribution < -0.4 is 4.74 Å². The van der Waals surface area contributed by atoms with E-state index in [1.54, 1.807) is 17.0 Å². The first-order valence-electron chi connectivity index (χ1n) is 9.01. The smallest absolute Gasteiger partial charge is 0.257 e. The topological polar surface area (TPSA) is 87.5 Å². The van der Waals surface area contributed by atoms with Crippen LogP contribution in [0, 0.1) is 11.3 Å². The van der Waals surface area contributed by atoms with Crippen LogP contribution in [0.15, 0.2) is 41.3 Å². The molecule has 3 rings (SSSR count). The third-order valence-corrected chi connectivity index (χ3v) is 5.72. The molecule has 0 saturated carbocycles. The van der Waals surface area contributed by atoms with Crippen molar-refractivity contribution in [2.24, 2.45) is 0 Å². The summed E-state index contributed by atoms with van der Waals surface area (Å²) in [5.41, 5.74) is 2.84. The standard InChI is InChI=1S/C21H22N2O4S/c1-14(2)27-20-7-6-18(28(3,25)26)11-19(20)21(24)23-9-8-16-5-4-15(12-22)10-17(16)13-23/h4-7,10-11,14H,8-9,13H2,1-3H3. The minimum absolute atomic E-state index is 0.0798. The third-order valence-electron chi connectivity index (χ3n) is 4.61. The zero-order valence-corrected chi connectivity index (χ0v) is 16.9. The Hall–Kier alpha value is -2.85. The van der Waals surface area contributed by atoms with Gasteiger partial charge in [-0.05, 0) is 61.7 Å². The number of amides is 1. The van der Waals surface area contributed by atoms with Crippen LogP contribution in [0.5, 0.6) is 5.75 Å². The van der Waals surface area contributed by atoms with Crippen LogP contribution in [0.1, 0.15) is 40.9 Å². The molecular formula is C21H22N2O4S. The molecule has 0 aliphatic carbocycles. The molecule has 7 heteroatoms. The lowest BCUT2D eigenvalue weighted by atomic mass is 9.97. The molecule has 0 spiro atoms. The monoisotopic (exact) mass is 398 g/mol. The van der Waals surface area contributed by atoms with Crippen molar-refractivity contribution in [1.29, 1.82) is 5.26 Å². The number of hydrogen-bond acceptors (Lipinski definition) is 5. The van der Waals surface area contributed by atoms with Gasteiger partial charge in [0, 0.05) is 19.3 Å². The molecule has 0 N–H and O–H groups in total. The molecule has 0 aromatic heterocycles. The summed E-state index contributed by atoms with van der Waals surface area (Å²) < 4.78 is 29.7. The van der Waals surface area contributed by atoms with Crippen molar-refractivity contribution < 1.29 is 17.9 Å². The summed E-state index contributed by atoms with van der Waals surface area (Å²) in [5.74, 6) is 0.0816.